The first-order chi connectivity index (χ1) is 8.24. The van der Waals surface area contributed by atoms with Crippen LogP contribution >= 0.6 is 23.1 Å². The highest BCUT2D eigenvalue weighted by Gasteiger charge is 2.10. The van der Waals surface area contributed by atoms with Crippen molar-refractivity contribution in [3.05, 3.63) is 23.5 Å². The van der Waals surface area contributed by atoms with Gasteiger partial charge in [0.2, 0.25) is 5.16 Å². The first kappa shape index (κ1) is 10.5. The van der Waals surface area contributed by atoms with E-state index in [-0.39, 0.29) is 0 Å². The molecule has 3 rings (SSSR count). The summed E-state index contributed by atoms with van der Waals surface area (Å²) in [7, 11) is 0. The van der Waals surface area contributed by atoms with Gasteiger partial charge in [0.15, 0.2) is 0 Å². The number of aryl methyl sites for hydroxylation is 1. The van der Waals surface area contributed by atoms with Crippen LogP contribution in [0.3, 0.4) is 0 Å². The molecule has 0 radical (unpaired) electrons. The molecule has 0 aliphatic rings. The summed E-state index contributed by atoms with van der Waals surface area (Å²) in [6.45, 7) is 1.87. The second-order valence-corrected chi connectivity index (χ2v) is 5.38. The van der Waals surface area contributed by atoms with Crippen LogP contribution in [-0.4, -0.2) is 20.2 Å². The van der Waals surface area contributed by atoms with Crippen LogP contribution in [0.15, 0.2) is 27.7 Å². The van der Waals surface area contributed by atoms with E-state index < -0.39 is 0 Å². The minimum Gasteiger partial charge on any atom is -0.396 e. The Labute approximate surface area is 105 Å². The SMILES string of the molecule is Cc1nc(Sc2ccc3scnc3c2N)n[nH]1. The first-order valence-corrected chi connectivity index (χ1v) is 6.62. The molecule has 0 unspecified atom stereocenters. The lowest BCUT2D eigenvalue weighted by Crippen LogP contribution is -1.90. The standard InChI is InChI=1S/C10H9N5S2/c1-5-13-10(15-14-5)17-6-2-3-7-9(8(6)11)12-4-16-7/h2-4H,11H2,1H3,(H,13,14,15). The second kappa shape index (κ2) is 4.01. The molecule has 0 aliphatic heterocycles. The van der Waals surface area contributed by atoms with E-state index in [1.54, 1.807) is 16.8 Å². The highest BCUT2D eigenvalue weighted by atomic mass is 32.2. The predicted molar refractivity (Wildman–Crippen MR) is 69.3 cm³/mol. The molecule has 0 saturated heterocycles. The molecule has 0 aliphatic carbocycles. The molecule has 17 heavy (non-hydrogen) atoms. The molecule has 3 N–H and O–H groups in total. The number of benzene rings is 1. The number of hydrogen-bond donors (Lipinski definition) is 2. The van der Waals surface area contributed by atoms with E-state index in [9.17, 15) is 0 Å². The van der Waals surface area contributed by atoms with Crippen molar-refractivity contribution in [1.82, 2.24) is 20.2 Å². The Bertz CT molecular complexity index is 672. The van der Waals surface area contributed by atoms with Crippen molar-refractivity contribution in [2.45, 2.75) is 17.0 Å². The molecule has 0 bridgehead atoms. The largest absolute Gasteiger partial charge is 0.396 e. The summed E-state index contributed by atoms with van der Waals surface area (Å²) in [6, 6.07) is 4.00. The van der Waals surface area contributed by atoms with Crippen molar-refractivity contribution in [3.8, 4) is 0 Å². The highest BCUT2D eigenvalue weighted by Crippen LogP contribution is 2.35. The third-order valence-electron chi connectivity index (χ3n) is 2.28. The van der Waals surface area contributed by atoms with Crippen molar-refractivity contribution in [2.75, 3.05) is 5.73 Å². The second-order valence-electron chi connectivity index (χ2n) is 3.48. The lowest BCUT2D eigenvalue weighted by atomic mass is 10.3. The van der Waals surface area contributed by atoms with Gasteiger partial charge in [-0.25, -0.2) is 9.97 Å². The number of nitrogen functional groups attached to an aromatic ring is 1. The lowest BCUT2D eigenvalue weighted by Gasteiger charge is -2.02. The maximum Gasteiger partial charge on any atom is 0.213 e. The summed E-state index contributed by atoms with van der Waals surface area (Å²) in [5.41, 5.74) is 9.42. The van der Waals surface area contributed by atoms with Gasteiger partial charge in [0.25, 0.3) is 0 Å². The van der Waals surface area contributed by atoms with Crippen molar-refractivity contribution >= 4 is 39.0 Å². The van der Waals surface area contributed by atoms with Crippen LogP contribution in [0, 0.1) is 6.92 Å². The molecule has 0 saturated carbocycles. The van der Waals surface area contributed by atoms with Crippen LogP contribution in [0.1, 0.15) is 5.82 Å². The van der Waals surface area contributed by atoms with Gasteiger partial charge in [-0.15, -0.1) is 16.4 Å². The third kappa shape index (κ3) is 1.87. The Morgan fingerprint density at radius 1 is 1.41 bits per heavy atom. The average Bonchev–Trinajstić information content (AvgIpc) is 2.92. The molecule has 1 aromatic carbocycles. The summed E-state index contributed by atoms with van der Waals surface area (Å²) < 4.78 is 1.10. The number of nitrogens with two attached hydrogens (primary N) is 1. The van der Waals surface area contributed by atoms with E-state index >= 15 is 0 Å². The molecular formula is C10H9N5S2. The van der Waals surface area contributed by atoms with E-state index in [0.717, 1.165) is 20.9 Å². The van der Waals surface area contributed by atoms with Crippen LogP contribution in [0.25, 0.3) is 10.2 Å². The van der Waals surface area contributed by atoms with Gasteiger partial charge in [0.1, 0.15) is 11.3 Å². The highest BCUT2D eigenvalue weighted by molar-refractivity contribution is 7.99. The topological polar surface area (TPSA) is 80.5 Å². The Morgan fingerprint density at radius 2 is 2.29 bits per heavy atom. The van der Waals surface area contributed by atoms with Crippen LogP contribution in [-0.2, 0) is 0 Å². The fraction of sp³-hybridized carbons (Fsp3) is 0.100. The average molecular weight is 263 g/mol. The number of aromatic nitrogens is 4. The third-order valence-corrected chi connectivity index (χ3v) is 4.01. The summed E-state index contributed by atoms with van der Waals surface area (Å²) in [5.74, 6) is 0.792. The fourth-order valence-electron chi connectivity index (χ4n) is 1.49. The van der Waals surface area contributed by atoms with Gasteiger partial charge in [0.05, 0.1) is 15.9 Å². The molecule has 0 atom stereocenters. The molecular weight excluding hydrogens is 254 g/mol. The van der Waals surface area contributed by atoms with Crippen LogP contribution in [0.5, 0.6) is 0 Å². The number of rotatable bonds is 2. The van der Waals surface area contributed by atoms with Gasteiger partial charge in [-0.1, -0.05) is 0 Å². The summed E-state index contributed by atoms with van der Waals surface area (Å²) in [4.78, 5) is 9.43. The van der Waals surface area contributed by atoms with E-state index in [0.29, 0.717) is 10.8 Å². The normalized spacial score (nSPS) is 11.1. The molecule has 2 aromatic heterocycles. The molecule has 5 nitrogen and oxygen atoms in total. The van der Waals surface area contributed by atoms with Crippen molar-refractivity contribution in [2.24, 2.45) is 0 Å². The fourth-order valence-corrected chi connectivity index (χ4v) is 2.99. The zero-order valence-electron chi connectivity index (χ0n) is 8.97. The van der Waals surface area contributed by atoms with Crippen LogP contribution in [0.2, 0.25) is 0 Å². The monoisotopic (exact) mass is 263 g/mol. The number of anilines is 1. The quantitative estimate of drug-likeness (QED) is 0.694. The number of hydrogen-bond acceptors (Lipinski definition) is 6. The Balaban J connectivity index is 2.02. The predicted octanol–water partition coefficient (Wildman–Crippen LogP) is 2.46. The van der Waals surface area contributed by atoms with E-state index in [4.69, 9.17) is 5.73 Å². The maximum atomic E-state index is 6.08. The van der Waals surface area contributed by atoms with Gasteiger partial charge in [0, 0.05) is 4.90 Å². The van der Waals surface area contributed by atoms with Crippen LogP contribution in [0.4, 0.5) is 5.69 Å². The van der Waals surface area contributed by atoms with Gasteiger partial charge in [-0.3, -0.25) is 5.10 Å². The molecule has 86 valence electrons. The van der Waals surface area contributed by atoms with Gasteiger partial charge in [-0.2, -0.15) is 0 Å². The first-order valence-electron chi connectivity index (χ1n) is 4.92. The molecule has 0 spiro atoms. The number of thiazole rings is 1. The minimum atomic E-state index is 0.670. The number of fused-ring (bicyclic) bond motifs is 1. The maximum absolute atomic E-state index is 6.08. The lowest BCUT2D eigenvalue weighted by molar-refractivity contribution is 0.970. The summed E-state index contributed by atoms with van der Waals surface area (Å²) >= 11 is 3.02. The van der Waals surface area contributed by atoms with Gasteiger partial charge in [-0.05, 0) is 30.8 Å². The summed E-state index contributed by atoms with van der Waals surface area (Å²) in [6.07, 6.45) is 0. The Morgan fingerprint density at radius 3 is 3.06 bits per heavy atom. The van der Waals surface area contributed by atoms with Crippen LogP contribution < -0.4 is 5.73 Å². The van der Waals surface area contributed by atoms with E-state index in [1.165, 1.54) is 11.8 Å². The molecule has 0 amide bonds. The molecule has 2 heterocycles. The number of aromatic amines is 1. The Hall–Kier alpha value is -1.60. The molecule has 3 aromatic rings. The summed E-state index contributed by atoms with van der Waals surface area (Å²) in [5, 5.41) is 7.55. The zero-order valence-corrected chi connectivity index (χ0v) is 10.6. The number of H-pyrrole nitrogens is 1. The van der Waals surface area contributed by atoms with E-state index in [1.807, 2.05) is 19.1 Å². The Kier molecular flexibility index (Phi) is 2.49. The van der Waals surface area contributed by atoms with Crippen molar-refractivity contribution in [1.29, 1.82) is 0 Å². The minimum absolute atomic E-state index is 0.670. The number of nitrogens with zero attached hydrogens (tertiary/aromatic N) is 3. The molecule has 0 fully saturated rings. The van der Waals surface area contributed by atoms with Gasteiger partial charge < -0.3 is 5.73 Å². The van der Waals surface area contributed by atoms with E-state index in [2.05, 4.69) is 20.2 Å². The van der Waals surface area contributed by atoms with Gasteiger partial charge >= 0.3 is 0 Å². The number of nitrogens with one attached hydrogen (secondary N) is 1. The van der Waals surface area contributed by atoms with Crippen molar-refractivity contribution in [3.63, 3.8) is 0 Å². The zero-order chi connectivity index (χ0) is 11.8. The molecule has 7 heteroatoms. The van der Waals surface area contributed by atoms with Crippen molar-refractivity contribution < 1.29 is 0 Å². The smallest absolute Gasteiger partial charge is 0.213 e.